The first-order valence-electron chi connectivity index (χ1n) is 7.16. The summed E-state index contributed by atoms with van der Waals surface area (Å²) < 4.78 is 2.07. The van der Waals surface area contributed by atoms with Crippen molar-refractivity contribution in [3.8, 4) is 11.5 Å². The molecule has 112 valence electrons. The zero-order chi connectivity index (χ0) is 15.4. The van der Waals surface area contributed by atoms with E-state index < -0.39 is 0 Å². The van der Waals surface area contributed by atoms with Gasteiger partial charge in [-0.2, -0.15) is 0 Å². The molecular formula is C16H17N5S. The molecule has 0 N–H and O–H groups in total. The van der Waals surface area contributed by atoms with Crippen LogP contribution in [0.2, 0.25) is 0 Å². The Morgan fingerprint density at radius 3 is 2.82 bits per heavy atom. The monoisotopic (exact) mass is 311 g/mol. The first kappa shape index (κ1) is 14.7. The fourth-order valence-electron chi connectivity index (χ4n) is 2.23. The van der Waals surface area contributed by atoms with Crippen LogP contribution >= 0.6 is 11.8 Å². The maximum absolute atomic E-state index is 4.31. The molecule has 0 unspecified atom stereocenters. The van der Waals surface area contributed by atoms with Gasteiger partial charge in [-0.15, -0.1) is 10.2 Å². The summed E-state index contributed by atoms with van der Waals surface area (Å²) in [5, 5.41) is 9.49. The first-order chi connectivity index (χ1) is 10.8. The van der Waals surface area contributed by atoms with E-state index in [1.54, 1.807) is 30.4 Å². The van der Waals surface area contributed by atoms with Crippen molar-refractivity contribution in [3.05, 3.63) is 54.0 Å². The molecule has 0 aliphatic heterocycles. The van der Waals surface area contributed by atoms with E-state index in [4.69, 9.17) is 0 Å². The quantitative estimate of drug-likeness (QED) is 0.676. The molecule has 2 heterocycles. The third-order valence-corrected chi connectivity index (χ3v) is 4.31. The molecule has 0 aliphatic carbocycles. The van der Waals surface area contributed by atoms with Gasteiger partial charge in [-0.1, -0.05) is 41.6 Å². The van der Waals surface area contributed by atoms with Gasteiger partial charge in [0.15, 0.2) is 11.0 Å². The molecule has 2 aromatic heterocycles. The average molecular weight is 311 g/mol. The highest BCUT2D eigenvalue weighted by Crippen LogP contribution is 2.25. The van der Waals surface area contributed by atoms with Crippen molar-refractivity contribution in [1.29, 1.82) is 0 Å². The van der Waals surface area contributed by atoms with Crippen LogP contribution in [-0.2, 0) is 12.3 Å². The number of benzene rings is 1. The maximum atomic E-state index is 4.31. The molecule has 0 fully saturated rings. The van der Waals surface area contributed by atoms with Crippen molar-refractivity contribution >= 4 is 11.8 Å². The van der Waals surface area contributed by atoms with Crippen molar-refractivity contribution in [1.82, 2.24) is 24.7 Å². The molecular weight excluding hydrogens is 294 g/mol. The number of hydrogen-bond donors (Lipinski definition) is 0. The molecule has 0 radical (unpaired) electrons. The van der Waals surface area contributed by atoms with E-state index in [0.717, 1.165) is 29.0 Å². The fraction of sp³-hybridized carbons (Fsp3) is 0.250. The lowest BCUT2D eigenvalue weighted by Gasteiger charge is -2.07. The van der Waals surface area contributed by atoms with Gasteiger partial charge in [0.05, 0.1) is 6.20 Å². The van der Waals surface area contributed by atoms with Gasteiger partial charge in [0.1, 0.15) is 5.69 Å². The summed E-state index contributed by atoms with van der Waals surface area (Å²) in [7, 11) is 0. The number of rotatable bonds is 5. The molecule has 0 saturated heterocycles. The summed E-state index contributed by atoms with van der Waals surface area (Å²) in [5.74, 6) is 1.64. The maximum Gasteiger partial charge on any atom is 0.191 e. The van der Waals surface area contributed by atoms with Crippen LogP contribution in [0.25, 0.3) is 11.5 Å². The van der Waals surface area contributed by atoms with Crippen molar-refractivity contribution in [2.24, 2.45) is 0 Å². The highest BCUT2D eigenvalue weighted by Gasteiger charge is 2.14. The standard InChI is InChI=1S/C16H17N5S/c1-3-21-15(14-10-17-7-8-18-14)19-20-16(21)22-11-13-6-4-5-12(2)9-13/h4-10H,3,11H2,1-2H3. The Morgan fingerprint density at radius 1 is 1.18 bits per heavy atom. The third-order valence-electron chi connectivity index (χ3n) is 3.28. The molecule has 0 spiro atoms. The van der Waals surface area contributed by atoms with E-state index >= 15 is 0 Å². The molecule has 0 aliphatic rings. The molecule has 1 aromatic carbocycles. The molecule has 0 atom stereocenters. The first-order valence-corrected chi connectivity index (χ1v) is 8.14. The van der Waals surface area contributed by atoms with E-state index in [-0.39, 0.29) is 0 Å². The topological polar surface area (TPSA) is 56.5 Å². The van der Waals surface area contributed by atoms with Crippen LogP contribution in [0, 0.1) is 6.92 Å². The third kappa shape index (κ3) is 3.17. The molecule has 0 amide bonds. The Morgan fingerprint density at radius 2 is 2.09 bits per heavy atom. The number of aromatic nitrogens is 5. The van der Waals surface area contributed by atoms with Gasteiger partial charge in [-0.3, -0.25) is 4.98 Å². The minimum atomic E-state index is 0.749. The Balaban J connectivity index is 1.81. The molecule has 6 heteroatoms. The van der Waals surface area contributed by atoms with Crippen LogP contribution in [0.1, 0.15) is 18.1 Å². The van der Waals surface area contributed by atoms with E-state index in [0.29, 0.717) is 0 Å². The summed E-state index contributed by atoms with van der Waals surface area (Å²) in [6.07, 6.45) is 5.04. The number of hydrogen-bond acceptors (Lipinski definition) is 5. The van der Waals surface area contributed by atoms with Crippen LogP contribution in [-0.4, -0.2) is 24.7 Å². The highest BCUT2D eigenvalue weighted by molar-refractivity contribution is 7.98. The average Bonchev–Trinajstić information content (AvgIpc) is 2.97. The number of thioether (sulfide) groups is 1. The van der Waals surface area contributed by atoms with Crippen molar-refractivity contribution in [3.63, 3.8) is 0 Å². The predicted octanol–water partition coefficient (Wildman–Crippen LogP) is 3.36. The predicted molar refractivity (Wildman–Crippen MR) is 87.5 cm³/mol. The second-order valence-electron chi connectivity index (χ2n) is 4.92. The smallest absolute Gasteiger partial charge is 0.191 e. The summed E-state index contributed by atoms with van der Waals surface area (Å²) in [5.41, 5.74) is 3.31. The van der Waals surface area contributed by atoms with E-state index in [1.165, 1.54) is 11.1 Å². The normalized spacial score (nSPS) is 10.8. The Labute approximate surface area is 133 Å². The zero-order valence-electron chi connectivity index (χ0n) is 12.6. The van der Waals surface area contributed by atoms with Crippen molar-refractivity contribution in [2.45, 2.75) is 31.3 Å². The minimum absolute atomic E-state index is 0.749. The van der Waals surface area contributed by atoms with Crippen LogP contribution in [0.4, 0.5) is 0 Å². The molecule has 0 bridgehead atoms. The molecule has 22 heavy (non-hydrogen) atoms. The highest BCUT2D eigenvalue weighted by atomic mass is 32.2. The summed E-state index contributed by atoms with van der Waals surface area (Å²) in [6.45, 7) is 4.99. The van der Waals surface area contributed by atoms with Crippen LogP contribution < -0.4 is 0 Å². The lowest BCUT2D eigenvalue weighted by molar-refractivity contribution is 0.685. The molecule has 3 aromatic rings. The Hall–Kier alpha value is -2.21. The van der Waals surface area contributed by atoms with Crippen LogP contribution in [0.5, 0.6) is 0 Å². The molecule has 0 saturated carbocycles. The van der Waals surface area contributed by atoms with Gasteiger partial charge in [0.2, 0.25) is 0 Å². The van der Waals surface area contributed by atoms with Gasteiger partial charge in [-0.25, -0.2) is 4.98 Å². The lowest BCUT2D eigenvalue weighted by atomic mass is 10.2. The molecule has 5 nitrogen and oxygen atoms in total. The largest absolute Gasteiger partial charge is 0.301 e. The van der Waals surface area contributed by atoms with E-state index in [9.17, 15) is 0 Å². The van der Waals surface area contributed by atoms with Gasteiger partial charge in [0, 0.05) is 24.7 Å². The van der Waals surface area contributed by atoms with Gasteiger partial charge < -0.3 is 4.57 Å². The molecule has 3 rings (SSSR count). The van der Waals surface area contributed by atoms with Crippen molar-refractivity contribution < 1.29 is 0 Å². The second kappa shape index (κ2) is 6.70. The second-order valence-corrected chi connectivity index (χ2v) is 5.86. The van der Waals surface area contributed by atoms with Crippen LogP contribution in [0.3, 0.4) is 0 Å². The Kier molecular flexibility index (Phi) is 4.48. The van der Waals surface area contributed by atoms with E-state index in [2.05, 4.69) is 62.8 Å². The minimum Gasteiger partial charge on any atom is -0.301 e. The van der Waals surface area contributed by atoms with Crippen molar-refractivity contribution in [2.75, 3.05) is 0 Å². The number of nitrogens with zero attached hydrogens (tertiary/aromatic N) is 5. The SMILES string of the molecule is CCn1c(SCc2cccc(C)c2)nnc1-c1cnccn1. The van der Waals surface area contributed by atoms with Gasteiger partial charge >= 0.3 is 0 Å². The van der Waals surface area contributed by atoms with E-state index in [1.807, 2.05) is 0 Å². The summed E-state index contributed by atoms with van der Waals surface area (Å²) >= 11 is 1.69. The fourth-order valence-corrected chi connectivity index (χ4v) is 3.18. The summed E-state index contributed by atoms with van der Waals surface area (Å²) in [4.78, 5) is 8.40. The van der Waals surface area contributed by atoms with Gasteiger partial charge in [-0.05, 0) is 19.4 Å². The lowest BCUT2D eigenvalue weighted by Crippen LogP contribution is -2.01. The van der Waals surface area contributed by atoms with Gasteiger partial charge in [0.25, 0.3) is 0 Å². The number of aryl methyl sites for hydroxylation is 1. The zero-order valence-corrected chi connectivity index (χ0v) is 13.4. The summed E-state index contributed by atoms with van der Waals surface area (Å²) in [6, 6.07) is 8.52. The Bertz CT molecular complexity index is 754. The van der Waals surface area contributed by atoms with Crippen LogP contribution in [0.15, 0.2) is 48.0 Å².